The molecule has 2 rings (SSSR count). The van der Waals surface area contributed by atoms with Crippen molar-refractivity contribution in [2.45, 2.75) is 45.4 Å². The first-order valence-corrected chi connectivity index (χ1v) is 9.14. The zero-order valence-electron chi connectivity index (χ0n) is 15.2. The van der Waals surface area contributed by atoms with Crippen molar-refractivity contribution in [2.24, 2.45) is 0 Å². The quantitative estimate of drug-likeness (QED) is 0.640. The van der Waals surface area contributed by atoms with E-state index in [1.807, 2.05) is 12.1 Å². The van der Waals surface area contributed by atoms with Crippen LogP contribution in [0.1, 0.15) is 51.0 Å². The van der Waals surface area contributed by atoms with E-state index in [0.29, 0.717) is 17.9 Å². The number of carbonyl (C=O) groups is 1. The van der Waals surface area contributed by atoms with Crippen LogP contribution < -0.4 is 10.1 Å². The Bertz CT molecular complexity index is 753. The number of amides is 1. The number of benzene rings is 1. The molecule has 0 radical (unpaired) electrons. The number of aromatic nitrogens is 1. The predicted octanol–water partition coefficient (Wildman–Crippen LogP) is 5.07. The highest BCUT2D eigenvalue weighted by atomic mass is 16.6. The van der Waals surface area contributed by atoms with Gasteiger partial charge in [0.1, 0.15) is 11.8 Å². The molecule has 5 heteroatoms. The van der Waals surface area contributed by atoms with Crippen molar-refractivity contribution >= 4 is 6.09 Å². The highest BCUT2D eigenvalue weighted by Crippen LogP contribution is 2.24. The minimum absolute atomic E-state index is 0.445. The van der Waals surface area contributed by atoms with E-state index in [0.717, 1.165) is 24.0 Å². The molecule has 1 aromatic heterocycles. The second kappa shape index (κ2) is 10.9. The Balaban J connectivity index is 1.82. The lowest BCUT2D eigenvalue weighted by molar-refractivity contribution is 0.200. The van der Waals surface area contributed by atoms with Gasteiger partial charge in [0.25, 0.3) is 0 Å². The van der Waals surface area contributed by atoms with Crippen LogP contribution in [0.4, 0.5) is 4.79 Å². The Hall–Kier alpha value is -2.87. The zero-order valence-corrected chi connectivity index (χ0v) is 15.2. The van der Waals surface area contributed by atoms with Gasteiger partial charge in [-0.1, -0.05) is 51.2 Å². The van der Waals surface area contributed by atoms with Crippen LogP contribution in [0.25, 0.3) is 11.1 Å². The third kappa shape index (κ3) is 6.56. The van der Waals surface area contributed by atoms with E-state index in [1.54, 1.807) is 24.4 Å². The number of nitrogens with zero attached hydrogens (tertiary/aromatic N) is 2. The minimum atomic E-state index is -0.445. The lowest BCUT2D eigenvalue weighted by Gasteiger charge is -2.08. The molecule has 1 aromatic carbocycles. The number of pyridine rings is 1. The molecule has 136 valence electrons. The molecule has 5 nitrogen and oxygen atoms in total. The molecule has 0 atom stereocenters. The van der Waals surface area contributed by atoms with Gasteiger partial charge in [0.15, 0.2) is 0 Å². The summed E-state index contributed by atoms with van der Waals surface area (Å²) in [5.74, 6) is 0.463. The smallest absolute Gasteiger partial charge is 0.410 e. The summed E-state index contributed by atoms with van der Waals surface area (Å²) in [5.41, 5.74) is 2.14. The van der Waals surface area contributed by atoms with Gasteiger partial charge in [-0.2, -0.15) is 5.26 Å². The molecule has 0 saturated carbocycles. The van der Waals surface area contributed by atoms with Gasteiger partial charge >= 0.3 is 6.09 Å². The first-order chi connectivity index (χ1) is 12.7. The maximum Gasteiger partial charge on any atom is 0.412 e. The Labute approximate surface area is 155 Å². The van der Waals surface area contributed by atoms with Gasteiger partial charge in [0, 0.05) is 24.5 Å². The van der Waals surface area contributed by atoms with Crippen LogP contribution in [0.3, 0.4) is 0 Å². The van der Waals surface area contributed by atoms with Crippen molar-refractivity contribution in [3.8, 4) is 22.9 Å². The summed E-state index contributed by atoms with van der Waals surface area (Å²) < 4.78 is 5.34. The maximum atomic E-state index is 11.9. The van der Waals surface area contributed by atoms with E-state index in [2.05, 4.69) is 23.3 Å². The van der Waals surface area contributed by atoms with E-state index in [4.69, 9.17) is 10.00 Å². The van der Waals surface area contributed by atoms with Crippen molar-refractivity contribution in [3.63, 3.8) is 0 Å². The highest BCUT2D eigenvalue weighted by Gasteiger charge is 2.06. The second-order valence-corrected chi connectivity index (χ2v) is 6.19. The molecule has 26 heavy (non-hydrogen) atoms. The van der Waals surface area contributed by atoms with E-state index in [-0.39, 0.29) is 0 Å². The average Bonchev–Trinajstić information content (AvgIpc) is 2.67. The van der Waals surface area contributed by atoms with E-state index in [9.17, 15) is 4.79 Å². The molecule has 0 fully saturated rings. The Morgan fingerprint density at radius 3 is 2.73 bits per heavy atom. The summed E-state index contributed by atoms with van der Waals surface area (Å²) in [6, 6.07) is 11.0. The van der Waals surface area contributed by atoms with Crippen molar-refractivity contribution < 1.29 is 9.53 Å². The number of nitriles is 1. The Kier molecular flexibility index (Phi) is 8.14. The third-order valence-electron chi connectivity index (χ3n) is 4.04. The zero-order chi connectivity index (χ0) is 18.6. The predicted molar refractivity (Wildman–Crippen MR) is 102 cm³/mol. The number of hydrogen-bond donors (Lipinski definition) is 1. The van der Waals surface area contributed by atoms with Gasteiger partial charge < -0.3 is 10.1 Å². The molecular formula is C21H25N3O2. The number of rotatable bonds is 9. The number of unbranched alkanes of at least 4 members (excludes halogenated alkanes) is 5. The topological polar surface area (TPSA) is 75.0 Å². The van der Waals surface area contributed by atoms with Crippen LogP contribution in [0.15, 0.2) is 42.7 Å². The van der Waals surface area contributed by atoms with Gasteiger partial charge in [0.2, 0.25) is 0 Å². The molecule has 0 spiro atoms. The van der Waals surface area contributed by atoms with Gasteiger partial charge in [0.05, 0.1) is 5.56 Å². The summed E-state index contributed by atoms with van der Waals surface area (Å²) in [5, 5.41) is 11.8. The Morgan fingerprint density at radius 2 is 1.92 bits per heavy atom. The summed E-state index contributed by atoms with van der Waals surface area (Å²) in [6.07, 6.45) is 9.82. The van der Waals surface area contributed by atoms with Crippen LogP contribution in [0.5, 0.6) is 5.75 Å². The lowest BCUT2D eigenvalue weighted by atomic mass is 10.1. The molecule has 0 unspecified atom stereocenters. The largest absolute Gasteiger partial charge is 0.412 e. The fourth-order valence-corrected chi connectivity index (χ4v) is 2.64. The summed E-state index contributed by atoms with van der Waals surface area (Å²) in [6.45, 7) is 2.82. The summed E-state index contributed by atoms with van der Waals surface area (Å²) in [7, 11) is 0. The molecule has 2 aromatic rings. The van der Waals surface area contributed by atoms with Crippen molar-refractivity contribution in [1.29, 1.82) is 5.26 Å². The second-order valence-electron chi connectivity index (χ2n) is 6.19. The monoisotopic (exact) mass is 351 g/mol. The molecular weight excluding hydrogens is 326 g/mol. The molecule has 0 aliphatic rings. The maximum absolute atomic E-state index is 11.9. The first kappa shape index (κ1) is 19.5. The molecule has 0 saturated heterocycles. The minimum Gasteiger partial charge on any atom is -0.410 e. The highest BCUT2D eigenvalue weighted by molar-refractivity contribution is 5.72. The number of hydrogen-bond acceptors (Lipinski definition) is 4. The standard InChI is InChI=1S/C21H25N3O2/c1-2-3-4-5-6-7-11-24-21(25)26-20-10-8-9-18(13-20)19-12-17(14-22)15-23-16-19/h8-10,12-13,15-16H,2-7,11H2,1H3,(H,24,25). The fraction of sp³-hybridized carbons (Fsp3) is 0.381. The number of carbonyl (C=O) groups excluding carboxylic acids is 1. The number of ether oxygens (including phenoxy) is 1. The lowest BCUT2D eigenvalue weighted by Crippen LogP contribution is -2.27. The van der Waals surface area contributed by atoms with Gasteiger partial charge in [-0.05, 0) is 30.2 Å². The average molecular weight is 351 g/mol. The van der Waals surface area contributed by atoms with Crippen molar-refractivity contribution in [1.82, 2.24) is 10.3 Å². The normalized spacial score (nSPS) is 10.2. The van der Waals surface area contributed by atoms with E-state index < -0.39 is 6.09 Å². The molecule has 1 heterocycles. The van der Waals surface area contributed by atoms with Crippen molar-refractivity contribution in [2.75, 3.05) is 6.54 Å². The number of nitrogens with one attached hydrogen (secondary N) is 1. The van der Waals surface area contributed by atoms with E-state index >= 15 is 0 Å². The Morgan fingerprint density at radius 1 is 1.12 bits per heavy atom. The molecule has 0 bridgehead atoms. The van der Waals surface area contributed by atoms with Crippen LogP contribution in [0.2, 0.25) is 0 Å². The summed E-state index contributed by atoms with van der Waals surface area (Å²) >= 11 is 0. The SMILES string of the molecule is CCCCCCCCNC(=O)Oc1cccc(-c2cncc(C#N)c2)c1. The van der Waals surface area contributed by atoms with Crippen molar-refractivity contribution in [3.05, 3.63) is 48.3 Å². The van der Waals surface area contributed by atoms with E-state index in [1.165, 1.54) is 31.9 Å². The molecule has 1 amide bonds. The fourth-order valence-electron chi connectivity index (χ4n) is 2.64. The third-order valence-corrected chi connectivity index (χ3v) is 4.04. The van der Waals surface area contributed by atoms with Crippen LogP contribution >= 0.6 is 0 Å². The van der Waals surface area contributed by atoms with Crippen LogP contribution in [-0.4, -0.2) is 17.6 Å². The molecule has 0 aliphatic carbocycles. The van der Waals surface area contributed by atoms with Crippen LogP contribution in [-0.2, 0) is 0 Å². The van der Waals surface area contributed by atoms with Gasteiger partial charge in [-0.3, -0.25) is 4.98 Å². The molecule has 0 aliphatic heterocycles. The first-order valence-electron chi connectivity index (χ1n) is 9.14. The molecule has 1 N–H and O–H groups in total. The van der Waals surface area contributed by atoms with Gasteiger partial charge in [-0.25, -0.2) is 4.79 Å². The van der Waals surface area contributed by atoms with Crippen LogP contribution in [0, 0.1) is 11.3 Å². The summed E-state index contributed by atoms with van der Waals surface area (Å²) in [4.78, 5) is 16.0. The van der Waals surface area contributed by atoms with Gasteiger partial charge in [-0.15, -0.1) is 0 Å².